The summed E-state index contributed by atoms with van der Waals surface area (Å²) in [4.78, 5) is 19.6. The van der Waals surface area contributed by atoms with E-state index in [1.807, 2.05) is 6.92 Å². The molecule has 4 rings (SSSR count). The van der Waals surface area contributed by atoms with E-state index in [0.717, 1.165) is 23.7 Å². The summed E-state index contributed by atoms with van der Waals surface area (Å²) in [5, 5.41) is 15.6. The van der Waals surface area contributed by atoms with Gasteiger partial charge in [0, 0.05) is 24.3 Å². The van der Waals surface area contributed by atoms with Gasteiger partial charge in [-0.2, -0.15) is 4.52 Å². The van der Waals surface area contributed by atoms with Crippen LogP contribution < -0.4 is 10.5 Å². The number of aliphatic hydroxyl groups is 1. The Hall–Kier alpha value is -1.47. The minimum Gasteiger partial charge on any atom is -0.391 e. The minimum atomic E-state index is -0.306. The molecule has 130 valence electrons. The Kier molecular flexibility index (Phi) is 4.30. The lowest BCUT2D eigenvalue weighted by atomic mass is 9.83. The highest BCUT2D eigenvalue weighted by Crippen LogP contribution is 2.38. The first kappa shape index (κ1) is 16.0. The van der Waals surface area contributed by atoms with Crippen molar-refractivity contribution in [3.05, 3.63) is 22.1 Å². The molecule has 6 nitrogen and oxygen atoms in total. The van der Waals surface area contributed by atoms with Gasteiger partial charge in [-0.05, 0) is 31.6 Å². The largest absolute Gasteiger partial charge is 0.391 e. The molecule has 24 heavy (non-hydrogen) atoms. The van der Waals surface area contributed by atoms with Gasteiger partial charge in [0.1, 0.15) is 0 Å². The van der Waals surface area contributed by atoms with Crippen LogP contribution in [0.2, 0.25) is 0 Å². The van der Waals surface area contributed by atoms with Crippen molar-refractivity contribution in [1.82, 2.24) is 14.6 Å². The molecule has 1 N–H and O–H groups in total. The number of aryl methyl sites for hydroxylation is 1. The molecule has 0 amide bonds. The quantitative estimate of drug-likeness (QED) is 0.921. The van der Waals surface area contributed by atoms with Crippen molar-refractivity contribution >= 4 is 21.4 Å². The molecule has 2 fully saturated rings. The summed E-state index contributed by atoms with van der Waals surface area (Å²) in [6, 6.07) is 1.90. The number of nitrogens with zero attached hydrogens (tertiary/aromatic N) is 4. The minimum absolute atomic E-state index is 0.117. The molecule has 1 saturated heterocycles. The Morgan fingerprint density at radius 1 is 1.33 bits per heavy atom. The van der Waals surface area contributed by atoms with Crippen LogP contribution in [0.1, 0.15) is 51.1 Å². The van der Waals surface area contributed by atoms with Gasteiger partial charge in [0.05, 0.1) is 6.10 Å². The van der Waals surface area contributed by atoms with Crippen molar-refractivity contribution in [2.75, 3.05) is 11.4 Å². The van der Waals surface area contributed by atoms with Crippen LogP contribution in [0.4, 0.5) is 5.13 Å². The summed E-state index contributed by atoms with van der Waals surface area (Å²) < 4.78 is 1.40. The fraction of sp³-hybridized carbons (Fsp3) is 0.706. The Balaban J connectivity index is 1.69. The Bertz CT molecular complexity index is 780. The average Bonchev–Trinajstić information content (AvgIpc) is 3.19. The van der Waals surface area contributed by atoms with Crippen molar-refractivity contribution in [2.24, 2.45) is 5.92 Å². The molecule has 7 heteroatoms. The topological polar surface area (TPSA) is 70.7 Å². The third-order valence-electron chi connectivity index (χ3n) is 5.41. The van der Waals surface area contributed by atoms with Crippen molar-refractivity contribution in [2.45, 2.75) is 64.0 Å². The summed E-state index contributed by atoms with van der Waals surface area (Å²) in [7, 11) is 0. The number of fused-ring (bicyclic) bond motifs is 1. The number of aromatic nitrogens is 3. The van der Waals surface area contributed by atoms with Crippen molar-refractivity contribution in [1.29, 1.82) is 0 Å². The first-order valence-corrected chi connectivity index (χ1v) is 9.82. The Morgan fingerprint density at radius 3 is 2.88 bits per heavy atom. The summed E-state index contributed by atoms with van der Waals surface area (Å²) in [5.74, 6) is 0.624. The molecular weight excluding hydrogens is 324 g/mol. The zero-order valence-corrected chi connectivity index (χ0v) is 14.8. The van der Waals surface area contributed by atoms with Gasteiger partial charge in [0.25, 0.3) is 5.56 Å². The zero-order chi connectivity index (χ0) is 16.7. The lowest BCUT2D eigenvalue weighted by Gasteiger charge is -2.33. The predicted molar refractivity (Wildman–Crippen MR) is 94.8 cm³/mol. The molecule has 2 atom stereocenters. The van der Waals surface area contributed by atoms with E-state index in [1.54, 1.807) is 6.07 Å². The highest BCUT2D eigenvalue weighted by atomic mass is 32.1. The highest BCUT2D eigenvalue weighted by molar-refractivity contribution is 7.20. The van der Waals surface area contributed by atoms with Crippen LogP contribution >= 0.6 is 11.3 Å². The molecule has 0 bridgehead atoms. The van der Waals surface area contributed by atoms with E-state index >= 15 is 0 Å². The number of anilines is 1. The molecule has 2 aromatic rings. The summed E-state index contributed by atoms with van der Waals surface area (Å²) >= 11 is 1.46. The SMILES string of the molecule is CCc1cc(=O)n2nc(N3C[C@H](O)C[C@H]3C3CCCCC3)sc2n1. The fourth-order valence-corrected chi connectivity index (χ4v) is 5.17. The Labute approximate surface area is 145 Å². The molecule has 1 aliphatic carbocycles. The van der Waals surface area contributed by atoms with Crippen LogP contribution in [0, 0.1) is 5.92 Å². The summed E-state index contributed by atoms with van der Waals surface area (Å²) in [6.45, 7) is 2.60. The first-order chi connectivity index (χ1) is 11.7. The summed E-state index contributed by atoms with van der Waals surface area (Å²) in [6.07, 6.45) is 7.60. The molecule has 1 aliphatic heterocycles. The van der Waals surface area contributed by atoms with Gasteiger partial charge in [-0.15, -0.1) is 5.10 Å². The number of rotatable bonds is 3. The van der Waals surface area contributed by atoms with Gasteiger partial charge in [-0.3, -0.25) is 4.79 Å². The molecule has 3 heterocycles. The maximum absolute atomic E-state index is 12.2. The molecule has 0 unspecified atom stereocenters. The van der Waals surface area contributed by atoms with Crippen LogP contribution in [0.5, 0.6) is 0 Å². The van der Waals surface area contributed by atoms with Gasteiger partial charge >= 0.3 is 0 Å². The maximum atomic E-state index is 12.2. The van der Waals surface area contributed by atoms with E-state index in [2.05, 4.69) is 15.0 Å². The van der Waals surface area contributed by atoms with Crippen molar-refractivity contribution < 1.29 is 5.11 Å². The molecule has 0 aromatic carbocycles. The van der Waals surface area contributed by atoms with Crippen LogP contribution in [0.15, 0.2) is 10.9 Å². The number of hydrogen-bond donors (Lipinski definition) is 1. The second kappa shape index (κ2) is 6.44. The van der Waals surface area contributed by atoms with Crippen LogP contribution in [-0.4, -0.2) is 38.4 Å². The second-order valence-electron chi connectivity index (χ2n) is 7.03. The third-order valence-corrected chi connectivity index (χ3v) is 6.36. The average molecular weight is 348 g/mol. The molecule has 2 aliphatic rings. The van der Waals surface area contributed by atoms with Crippen LogP contribution in [-0.2, 0) is 6.42 Å². The van der Waals surface area contributed by atoms with E-state index in [0.29, 0.717) is 23.5 Å². The lowest BCUT2D eigenvalue weighted by Crippen LogP contribution is -2.36. The molecular formula is C17H24N4O2S. The zero-order valence-electron chi connectivity index (χ0n) is 14.0. The number of hydrogen-bond acceptors (Lipinski definition) is 6. The molecule has 0 spiro atoms. The monoisotopic (exact) mass is 348 g/mol. The maximum Gasteiger partial charge on any atom is 0.275 e. The number of aliphatic hydroxyl groups excluding tert-OH is 1. The smallest absolute Gasteiger partial charge is 0.275 e. The standard InChI is InChI=1S/C17H24N4O2S/c1-2-12-8-15(23)21-16(18-12)24-17(19-21)20-10-13(22)9-14(20)11-6-4-3-5-7-11/h8,11,13-14,22H,2-7,9-10H2,1H3/t13-,14+/m1/s1. The molecule has 1 saturated carbocycles. The summed E-state index contributed by atoms with van der Waals surface area (Å²) in [5.41, 5.74) is 0.689. The second-order valence-corrected chi connectivity index (χ2v) is 7.96. The van der Waals surface area contributed by atoms with Crippen LogP contribution in [0.3, 0.4) is 0 Å². The van der Waals surface area contributed by atoms with Gasteiger partial charge in [-0.1, -0.05) is 37.5 Å². The van der Waals surface area contributed by atoms with Gasteiger partial charge in [0.15, 0.2) is 0 Å². The van der Waals surface area contributed by atoms with E-state index in [1.165, 1.54) is 48.0 Å². The third kappa shape index (κ3) is 2.84. The van der Waals surface area contributed by atoms with E-state index < -0.39 is 0 Å². The van der Waals surface area contributed by atoms with Crippen molar-refractivity contribution in [3.8, 4) is 0 Å². The highest BCUT2D eigenvalue weighted by Gasteiger charge is 2.38. The Morgan fingerprint density at radius 2 is 2.12 bits per heavy atom. The molecule has 2 aromatic heterocycles. The van der Waals surface area contributed by atoms with Gasteiger partial charge in [0.2, 0.25) is 10.1 Å². The first-order valence-electron chi connectivity index (χ1n) is 9.00. The normalized spacial score (nSPS) is 25.7. The fourth-order valence-electron chi connectivity index (χ4n) is 4.17. The van der Waals surface area contributed by atoms with Crippen LogP contribution in [0.25, 0.3) is 4.96 Å². The van der Waals surface area contributed by atoms with Gasteiger partial charge < -0.3 is 10.0 Å². The molecule has 0 radical (unpaired) electrons. The van der Waals surface area contributed by atoms with Crippen molar-refractivity contribution in [3.63, 3.8) is 0 Å². The number of β-amino-alcohol motifs (C(OH)–C–C–N with tert-alkyl or cyclic N) is 1. The lowest BCUT2D eigenvalue weighted by molar-refractivity contribution is 0.185. The predicted octanol–water partition coefficient (Wildman–Crippen LogP) is 2.23. The van der Waals surface area contributed by atoms with E-state index in [4.69, 9.17) is 0 Å². The van der Waals surface area contributed by atoms with Gasteiger partial charge in [-0.25, -0.2) is 4.98 Å². The van der Waals surface area contributed by atoms with E-state index in [9.17, 15) is 9.90 Å². The van der Waals surface area contributed by atoms with E-state index in [-0.39, 0.29) is 11.7 Å².